The van der Waals surface area contributed by atoms with Crippen LogP contribution in [0, 0.1) is 11.8 Å². The maximum atomic E-state index is 9.59. The molecule has 3 heteroatoms. The molecule has 3 nitrogen and oxygen atoms in total. The minimum Gasteiger partial charge on any atom is -0.393 e. The van der Waals surface area contributed by atoms with Crippen LogP contribution in [-0.4, -0.2) is 33.6 Å². The Labute approximate surface area is 103 Å². The maximum absolute atomic E-state index is 9.59. The molecule has 0 spiro atoms. The smallest absolute Gasteiger partial charge is 0.0570 e. The van der Waals surface area contributed by atoms with Gasteiger partial charge in [-0.2, -0.15) is 0 Å². The Bertz CT molecular complexity index is 246. The van der Waals surface area contributed by atoms with E-state index >= 15 is 0 Å². The van der Waals surface area contributed by atoms with Crippen molar-refractivity contribution < 1.29 is 15.3 Å². The third-order valence-electron chi connectivity index (χ3n) is 4.09. The Hall–Kier alpha value is -0.380. The summed E-state index contributed by atoms with van der Waals surface area (Å²) in [6.07, 6.45) is 9.66. The molecule has 0 aromatic heterocycles. The van der Waals surface area contributed by atoms with Crippen LogP contribution in [0.15, 0.2) is 12.2 Å². The third kappa shape index (κ3) is 4.09. The first-order valence-corrected chi connectivity index (χ1v) is 6.86. The van der Waals surface area contributed by atoms with Gasteiger partial charge in [0.1, 0.15) is 0 Å². The fourth-order valence-electron chi connectivity index (χ4n) is 3.07. The van der Waals surface area contributed by atoms with E-state index in [-0.39, 0.29) is 18.3 Å². The number of aliphatic hydroxyl groups excluding tert-OH is 3. The SMILES string of the molecule is OC1CCC(/C=C\C2CC(O)CC(O)C2)CC1. The molecule has 0 aromatic rings. The molecular formula is C14H24O3. The van der Waals surface area contributed by atoms with E-state index in [9.17, 15) is 15.3 Å². The average Bonchev–Trinajstić information content (AvgIpc) is 2.27. The maximum Gasteiger partial charge on any atom is 0.0570 e. The van der Waals surface area contributed by atoms with E-state index in [4.69, 9.17) is 0 Å². The zero-order chi connectivity index (χ0) is 12.3. The fraction of sp³-hybridized carbons (Fsp3) is 0.857. The van der Waals surface area contributed by atoms with Crippen LogP contribution in [0.3, 0.4) is 0 Å². The van der Waals surface area contributed by atoms with Crippen LogP contribution in [0.5, 0.6) is 0 Å². The summed E-state index contributed by atoms with van der Waals surface area (Å²) in [6, 6.07) is 0. The van der Waals surface area contributed by atoms with Crippen LogP contribution in [-0.2, 0) is 0 Å². The van der Waals surface area contributed by atoms with Gasteiger partial charge in [0.05, 0.1) is 18.3 Å². The lowest BCUT2D eigenvalue weighted by molar-refractivity contribution is 0.0243. The van der Waals surface area contributed by atoms with Crippen molar-refractivity contribution in [2.75, 3.05) is 0 Å². The number of hydrogen-bond acceptors (Lipinski definition) is 3. The van der Waals surface area contributed by atoms with E-state index in [0.717, 1.165) is 38.5 Å². The highest BCUT2D eigenvalue weighted by atomic mass is 16.3. The first-order chi connectivity index (χ1) is 8.13. The van der Waals surface area contributed by atoms with Gasteiger partial charge < -0.3 is 15.3 Å². The predicted molar refractivity (Wildman–Crippen MR) is 66.5 cm³/mol. The lowest BCUT2D eigenvalue weighted by Gasteiger charge is -2.28. The fourth-order valence-corrected chi connectivity index (χ4v) is 3.07. The van der Waals surface area contributed by atoms with Crippen molar-refractivity contribution in [2.45, 2.75) is 63.3 Å². The zero-order valence-electron chi connectivity index (χ0n) is 10.3. The van der Waals surface area contributed by atoms with Gasteiger partial charge in [-0.1, -0.05) is 12.2 Å². The Balaban J connectivity index is 1.79. The monoisotopic (exact) mass is 240 g/mol. The molecule has 2 unspecified atom stereocenters. The summed E-state index contributed by atoms with van der Waals surface area (Å²) in [6.45, 7) is 0. The quantitative estimate of drug-likeness (QED) is 0.643. The number of rotatable bonds is 2. The van der Waals surface area contributed by atoms with Crippen LogP contribution < -0.4 is 0 Å². The van der Waals surface area contributed by atoms with Gasteiger partial charge in [0.15, 0.2) is 0 Å². The van der Waals surface area contributed by atoms with Crippen molar-refractivity contribution in [3.05, 3.63) is 12.2 Å². The molecule has 3 N–H and O–H groups in total. The molecule has 0 bridgehead atoms. The highest BCUT2D eigenvalue weighted by molar-refractivity contribution is 4.97. The molecule has 0 radical (unpaired) electrons. The van der Waals surface area contributed by atoms with Gasteiger partial charge in [-0.05, 0) is 56.8 Å². The zero-order valence-corrected chi connectivity index (χ0v) is 10.3. The molecule has 0 heterocycles. The van der Waals surface area contributed by atoms with Crippen LogP contribution >= 0.6 is 0 Å². The number of hydrogen-bond donors (Lipinski definition) is 3. The van der Waals surface area contributed by atoms with Gasteiger partial charge in [0, 0.05) is 0 Å². The summed E-state index contributed by atoms with van der Waals surface area (Å²) in [5.41, 5.74) is 0. The largest absolute Gasteiger partial charge is 0.393 e. The first kappa shape index (κ1) is 13.1. The van der Waals surface area contributed by atoms with Crippen LogP contribution in [0.25, 0.3) is 0 Å². The number of aliphatic hydroxyl groups is 3. The molecular weight excluding hydrogens is 216 g/mol. The summed E-state index contributed by atoms with van der Waals surface area (Å²) in [5, 5.41) is 28.6. The van der Waals surface area contributed by atoms with Crippen LogP contribution in [0.1, 0.15) is 44.9 Å². The van der Waals surface area contributed by atoms with E-state index in [1.807, 2.05) is 0 Å². The third-order valence-corrected chi connectivity index (χ3v) is 4.09. The molecule has 0 amide bonds. The van der Waals surface area contributed by atoms with Gasteiger partial charge >= 0.3 is 0 Å². The molecule has 17 heavy (non-hydrogen) atoms. The molecule has 0 aromatic carbocycles. The lowest BCUT2D eigenvalue weighted by atomic mass is 9.82. The van der Waals surface area contributed by atoms with Crippen molar-refractivity contribution in [3.63, 3.8) is 0 Å². The average molecular weight is 240 g/mol. The Morgan fingerprint density at radius 3 is 1.71 bits per heavy atom. The van der Waals surface area contributed by atoms with E-state index in [2.05, 4.69) is 12.2 Å². The minimum absolute atomic E-state index is 0.0991. The Kier molecular flexibility index (Phi) is 4.60. The molecule has 0 saturated heterocycles. The summed E-state index contributed by atoms with van der Waals surface area (Å²) in [7, 11) is 0. The van der Waals surface area contributed by atoms with Gasteiger partial charge in [-0.25, -0.2) is 0 Å². The normalized spacial score (nSPS) is 44.1. The van der Waals surface area contributed by atoms with Gasteiger partial charge in [0.2, 0.25) is 0 Å². The number of allylic oxidation sites excluding steroid dienone is 2. The topological polar surface area (TPSA) is 60.7 Å². The summed E-state index contributed by atoms with van der Waals surface area (Å²) >= 11 is 0. The highest BCUT2D eigenvalue weighted by Gasteiger charge is 2.25. The molecule has 2 atom stereocenters. The molecule has 98 valence electrons. The summed E-state index contributed by atoms with van der Waals surface area (Å²) in [4.78, 5) is 0. The van der Waals surface area contributed by atoms with Crippen molar-refractivity contribution in [2.24, 2.45) is 11.8 Å². The minimum atomic E-state index is -0.346. The van der Waals surface area contributed by atoms with Crippen molar-refractivity contribution in [1.29, 1.82) is 0 Å². The van der Waals surface area contributed by atoms with Crippen molar-refractivity contribution >= 4 is 0 Å². The standard InChI is InChI=1S/C14H24O3/c15-12-5-3-10(4-6-12)1-2-11-7-13(16)9-14(17)8-11/h1-2,10-17H,3-9H2/b2-1-. The summed E-state index contributed by atoms with van der Waals surface area (Å²) in [5.74, 6) is 0.898. The molecule has 2 saturated carbocycles. The second kappa shape index (κ2) is 5.98. The second-order valence-electron chi connectivity index (χ2n) is 5.73. The molecule has 2 rings (SSSR count). The highest BCUT2D eigenvalue weighted by Crippen LogP contribution is 2.29. The molecule has 2 aliphatic rings. The van der Waals surface area contributed by atoms with Crippen LogP contribution in [0.4, 0.5) is 0 Å². The van der Waals surface area contributed by atoms with E-state index in [1.165, 1.54) is 0 Å². The van der Waals surface area contributed by atoms with Gasteiger partial charge in [-0.3, -0.25) is 0 Å². The molecule has 2 aliphatic carbocycles. The van der Waals surface area contributed by atoms with E-state index in [0.29, 0.717) is 18.3 Å². The first-order valence-electron chi connectivity index (χ1n) is 6.86. The Morgan fingerprint density at radius 2 is 1.12 bits per heavy atom. The lowest BCUT2D eigenvalue weighted by Crippen LogP contribution is -2.28. The van der Waals surface area contributed by atoms with Gasteiger partial charge in [0.25, 0.3) is 0 Å². The van der Waals surface area contributed by atoms with Crippen molar-refractivity contribution in [1.82, 2.24) is 0 Å². The molecule has 0 aliphatic heterocycles. The summed E-state index contributed by atoms with van der Waals surface area (Å²) < 4.78 is 0. The van der Waals surface area contributed by atoms with Gasteiger partial charge in [-0.15, -0.1) is 0 Å². The van der Waals surface area contributed by atoms with Crippen molar-refractivity contribution in [3.8, 4) is 0 Å². The van der Waals surface area contributed by atoms with Crippen LogP contribution in [0.2, 0.25) is 0 Å². The Morgan fingerprint density at radius 1 is 0.588 bits per heavy atom. The second-order valence-corrected chi connectivity index (χ2v) is 5.73. The van der Waals surface area contributed by atoms with E-state index < -0.39 is 0 Å². The molecule has 2 fully saturated rings. The predicted octanol–water partition coefficient (Wildman–Crippen LogP) is 1.62. The van der Waals surface area contributed by atoms with E-state index in [1.54, 1.807) is 0 Å².